The fourth-order valence-corrected chi connectivity index (χ4v) is 15.2. The van der Waals surface area contributed by atoms with Crippen LogP contribution in [0.15, 0.2) is 255 Å². The lowest BCUT2D eigenvalue weighted by Gasteiger charge is -2.26. The molecule has 16 rings (SSSR count). The standard InChI is InChI=1S/C76H56N4S2/c1-47(2)49-17-15-23-55(37-49)79-69-27-13-11-25-61(69)63-33-29-57(43-71(63)79)77(53-19-7-5-8-20-53)59-31-35-65-67-39-51-40-68-66-36-32-60(46-76(66)82-74(68)42-52(51)41-73(67)81-75(65)45-59)78(54-21-9-6-10-22-54)58-30-34-64-62-26-12-14-28-70(62)80(72(64)44-58)56-24-16-18-50(38-56)48(3)4/h5-48H,1-4H3. The van der Waals surface area contributed by atoms with Crippen LogP contribution < -0.4 is 9.80 Å². The molecule has 392 valence electrons. The number of fused-ring (bicyclic) bond motifs is 13. The van der Waals surface area contributed by atoms with Gasteiger partial charge in [0.25, 0.3) is 0 Å². The van der Waals surface area contributed by atoms with Crippen molar-refractivity contribution >= 4 is 152 Å². The molecule has 82 heavy (non-hydrogen) atoms. The predicted molar refractivity (Wildman–Crippen MR) is 356 cm³/mol. The van der Waals surface area contributed by atoms with E-state index >= 15 is 0 Å². The molecule has 0 aliphatic carbocycles. The number of rotatable bonds is 10. The number of para-hydroxylation sites is 4. The number of benzene rings is 12. The lowest BCUT2D eigenvalue weighted by atomic mass is 10.0. The summed E-state index contributed by atoms with van der Waals surface area (Å²) in [6, 6.07) is 95.2. The summed E-state index contributed by atoms with van der Waals surface area (Å²) < 4.78 is 10.0. The van der Waals surface area contributed by atoms with E-state index in [4.69, 9.17) is 0 Å². The summed E-state index contributed by atoms with van der Waals surface area (Å²) in [5.74, 6) is 0.860. The molecule has 0 spiro atoms. The molecule has 0 radical (unpaired) electrons. The van der Waals surface area contributed by atoms with Gasteiger partial charge in [0.1, 0.15) is 0 Å². The molecule has 12 aromatic carbocycles. The zero-order chi connectivity index (χ0) is 54.7. The van der Waals surface area contributed by atoms with Crippen molar-refractivity contribution in [3.05, 3.63) is 266 Å². The molecule has 0 N–H and O–H groups in total. The van der Waals surface area contributed by atoms with Crippen LogP contribution >= 0.6 is 22.7 Å². The van der Waals surface area contributed by atoms with Crippen LogP contribution in [0.2, 0.25) is 0 Å². The molecule has 0 bridgehead atoms. The van der Waals surface area contributed by atoms with Crippen LogP contribution in [0, 0.1) is 0 Å². The quantitative estimate of drug-likeness (QED) is 0.136. The van der Waals surface area contributed by atoms with E-state index < -0.39 is 0 Å². The second-order valence-electron chi connectivity index (χ2n) is 22.6. The lowest BCUT2D eigenvalue weighted by Crippen LogP contribution is -2.09. The smallest absolute Gasteiger partial charge is 0.0561 e. The first kappa shape index (κ1) is 48.4. The molecule has 16 aromatic rings. The fourth-order valence-electron chi connectivity index (χ4n) is 12.9. The molecule has 0 fully saturated rings. The molecule has 0 amide bonds. The van der Waals surface area contributed by atoms with Crippen molar-refractivity contribution in [1.29, 1.82) is 0 Å². The van der Waals surface area contributed by atoms with E-state index in [9.17, 15) is 0 Å². The van der Waals surface area contributed by atoms with Gasteiger partial charge in [-0.3, -0.25) is 0 Å². The Labute approximate surface area is 484 Å². The number of hydrogen-bond donors (Lipinski definition) is 0. The number of hydrogen-bond acceptors (Lipinski definition) is 4. The molecule has 0 aliphatic heterocycles. The van der Waals surface area contributed by atoms with Gasteiger partial charge in [0.2, 0.25) is 0 Å². The van der Waals surface area contributed by atoms with Gasteiger partial charge in [-0.2, -0.15) is 0 Å². The maximum atomic E-state index is 2.45. The topological polar surface area (TPSA) is 16.3 Å². The van der Waals surface area contributed by atoms with Crippen molar-refractivity contribution in [2.45, 2.75) is 39.5 Å². The Morgan fingerprint density at radius 1 is 0.268 bits per heavy atom. The summed E-state index contributed by atoms with van der Waals surface area (Å²) in [6.45, 7) is 9.08. The monoisotopic (exact) mass is 1090 g/mol. The number of thiophene rings is 2. The predicted octanol–water partition coefficient (Wildman–Crippen LogP) is 23.0. The zero-order valence-corrected chi connectivity index (χ0v) is 47.6. The highest BCUT2D eigenvalue weighted by Crippen LogP contribution is 2.47. The van der Waals surface area contributed by atoms with E-state index in [1.54, 1.807) is 0 Å². The third-order valence-electron chi connectivity index (χ3n) is 17.0. The second kappa shape index (κ2) is 19.1. The molecule has 0 unspecified atom stereocenters. The van der Waals surface area contributed by atoms with Crippen LogP contribution in [0.4, 0.5) is 34.1 Å². The molecule has 4 nitrogen and oxygen atoms in total. The fraction of sp³-hybridized carbons (Fsp3) is 0.0789. The molecule has 0 atom stereocenters. The lowest BCUT2D eigenvalue weighted by molar-refractivity contribution is 0.864. The maximum Gasteiger partial charge on any atom is 0.0561 e. The van der Waals surface area contributed by atoms with Crippen molar-refractivity contribution in [2.24, 2.45) is 0 Å². The molecular weight excluding hydrogens is 1030 g/mol. The van der Waals surface area contributed by atoms with Crippen molar-refractivity contribution in [3.63, 3.8) is 0 Å². The first-order chi connectivity index (χ1) is 40.3. The third-order valence-corrected chi connectivity index (χ3v) is 19.2. The molecular formula is C76H56N4S2. The van der Waals surface area contributed by atoms with Crippen molar-refractivity contribution in [2.75, 3.05) is 9.80 Å². The number of aromatic nitrogens is 2. The van der Waals surface area contributed by atoms with E-state index in [-0.39, 0.29) is 0 Å². The average Bonchev–Trinajstić information content (AvgIpc) is 3.85. The Kier molecular flexibility index (Phi) is 11.3. The largest absolute Gasteiger partial charge is 0.310 e. The SMILES string of the molecule is CC(C)c1cccc(-n2c3ccccc3c3ccc(N(c4ccccc4)c4ccc5c(c4)sc4cc6cc7sc8cc(N(c9ccccc9)c9ccc%10c%11ccccc%11n(-c%11cccc(C(C)C)c%11)c%10c9)ccc8c7cc6cc45)cc32)c1. The molecule has 0 saturated heterocycles. The van der Waals surface area contributed by atoms with E-state index in [0.29, 0.717) is 11.8 Å². The highest BCUT2D eigenvalue weighted by molar-refractivity contribution is 7.26. The van der Waals surface area contributed by atoms with Crippen LogP contribution in [0.3, 0.4) is 0 Å². The molecule has 4 heterocycles. The zero-order valence-electron chi connectivity index (χ0n) is 46.0. The van der Waals surface area contributed by atoms with Gasteiger partial charge >= 0.3 is 0 Å². The molecule has 0 saturated carbocycles. The van der Waals surface area contributed by atoms with E-state index in [2.05, 4.69) is 301 Å². The van der Waals surface area contributed by atoms with Gasteiger partial charge in [0.05, 0.1) is 22.1 Å². The number of anilines is 6. The van der Waals surface area contributed by atoms with Crippen LogP contribution in [-0.2, 0) is 0 Å². The summed E-state index contributed by atoms with van der Waals surface area (Å²) in [7, 11) is 0. The highest BCUT2D eigenvalue weighted by atomic mass is 32.1. The van der Waals surface area contributed by atoms with Crippen molar-refractivity contribution in [1.82, 2.24) is 9.13 Å². The first-order valence-electron chi connectivity index (χ1n) is 28.5. The van der Waals surface area contributed by atoms with Gasteiger partial charge in [0.15, 0.2) is 0 Å². The number of nitrogens with zero attached hydrogens (tertiary/aromatic N) is 4. The van der Waals surface area contributed by atoms with Gasteiger partial charge < -0.3 is 18.9 Å². The summed E-state index contributed by atoms with van der Waals surface area (Å²) in [5, 5.41) is 12.7. The van der Waals surface area contributed by atoms with E-state index in [1.165, 1.54) is 117 Å². The Morgan fingerprint density at radius 3 is 1.07 bits per heavy atom. The highest BCUT2D eigenvalue weighted by Gasteiger charge is 2.22. The minimum Gasteiger partial charge on any atom is -0.310 e. The van der Waals surface area contributed by atoms with Crippen LogP contribution in [0.1, 0.15) is 50.7 Å². The van der Waals surface area contributed by atoms with Crippen LogP contribution in [0.5, 0.6) is 0 Å². The minimum absolute atomic E-state index is 0.430. The Hall–Kier alpha value is -9.46. The normalized spacial score (nSPS) is 12.1. The van der Waals surface area contributed by atoms with Crippen LogP contribution in [-0.4, -0.2) is 9.13 Å². The van der Waals surface area contributed by atoms with Gasteiger partial charge in [-0.05, 0) is 167 Å². The third kappa shape index (κ3) is 7.84. The summed E-state index contributed by atoms with van der Waals surface area (Å²) in [5.41, 5.74) is 16.6. The Morgan fingerprint density at radius 2 is 0.634 bits per heavy atom. The Balaban J connectivity index is 0.786. The summed E-state index contributed by atoms with van der Waals surface area (Å²) in [4.78, 5) is 4.84. The van der Waals surface area contributed by atoms with Gasteiger partial charge in [0, 0.05) is 107 Å². The van der Waals surface area contributed by atoms with Gasteiger partial charge in [-0.25, -0.2) is 0 Å². The van der Waals surface area contributed by atoms with Gasteiger partial charge in [-0.15, -0.1) is 22.7 Å². The first-order valence-corrected chi connectivity index (χ1v) is 30.1. The van der Waals surface area contributed by atoms with Crippen LogP contribution in [0.25, 0.3) is 106 Å². The summed E-state index contributed by atoms with van der Waals surface area (Å²) >= 11 is 3.77. The van der Waals surface area contributed by atoms with Crippen molar-refractivity contribution in [3.8, 4) is 11.4 Å². The minimum atomic E-state index is 0.430. The molecule has 4 aromatic heterocycles. The maximum absolute atomic E-state index is 2.45. The second-order valence-corrected chi connectivity index (χ2v) is 24.7. The van der Waals surface area contributed by atoms with Gasteiger partial charge in [-0.1, -0.05) is 149 Å². The Bertz CT molecular complexity index is 4870. The summed E-state index contributed by atoms with van der Waals surface area (Å²) in [6.07, 6.45) is 0. The van der Waals surface area contributed by atoms with Crippen molar-refractivity contribution < 1.29 is 0 Å². The molecule has 6 heteroatoms. The van der Waals surface area contributed by atoms with E-state index in [0.717, 1.165) is 34.1 Å². The average molecular weight is 1090 g/mol. The molecule has 0 aliphatic rings. The van der Waals surface area contributed by atoms with E-state index in [1.807, 2.05) is 22.7 Å².